The summed E-state index contributed by atoms with van der Waals surface area (Å²) in [4.78, 5) is 7.27. The predicted octanol–water partition coefficient (Wildman–Crippen LogP) is 5.83. The number of benzene rings is 2. The van der Waals surface area contributed by atoms with Gasteiger partial charge in [-0.1, -0.05) is 39.3 Å². The molecular weight excluding hydrogens is 370 g/mol. The molecule has 0 saturated carbocycles. The number of aromatic nitrogens is 1. The van der Waals surface area contributed by atoms with Crippen LogP contribution in [-0.2, 0) is 0 Å². The largest absolute Gasteiger partial charge is 0.497 e. The molecule has 0 aliphatic heterocycles. The van der Waals surface area contributed by atoms with Gasteiger partial charge in [0.1, 0.15) is 5.75 Å². The van der Waals surface area contributed by atoms with Gasteiger partial charge in [-0.25, -0.2) is 4.98 Å². The normalized spacial score (nSPS) is 12.1. The summed E-state index contributed by atoms with van der Waals surface area (Å²) in [6.45, 7) is 13.1. The third kappa shape index (κ3) is 4.50. The Morgan fingerprint density at radius 2 is 1.79 bits per heavy atom. The van der Waals surface area contributed by atoms with Crippen molar-refractivity contribution in [1.82, 2.24) is 9.88 Å². The van der Waals surface area contributed by atoms with Crippen molar-refractivity contribution in [2.24, 2.45) is 5.41 Å². The van der Waals surface area contributed by atoms with Crippen LogP contribution < -0.4 is 10.1 Å². The van der Waals surface area contributed by atoms with Crippen molar-refractivity contribution in [2.75, 3.05) is 38.6 Å². The molecule has 0 bridgehead atoms. The van der Waals surface area contributed by atoms with Crippen molar-refractivity contribution in [2.45, 2.75) is 27.7 Å². The molecule has 0 aliphatic rings. The molecule has 1 aromatic heterocycles. The first-order valence-corrected chi connectivity index (χ1v) is 10.3. The smallest absolute Gasteiger partial charge is 0.119 e. The van der Waals surface area contributed by atoms with Crippen molar-refractivity contribution in [3.8, 4) is 5.75 Å². The number of hydrogen-bond acceptors (Lipinski definition) is 4. The van der Waals surface area contributed by atoms with Gasteiger partial charge < -0.3 is 15.0 Å². The SMILES string of the molecule is CCN(CC)CC(C)(C)CNc1c2ccc(Cl)cc2nc2ccc(OC)cc12. The fourth-order valence-corrected chi connectivity index (χ4v) is 3.82. The lowest BCUT2D eigenvalue weighted by molar-refractivity contribution is 0.202. The highest BCUT2D eigenvalue weighted by atomic mass is 35.5. The van der Waals surface area contributed by atoms with Crippen LogP contribution in [0.15, 0.2) is 36.4 Å². The number of ether oxygens (including phenoxy) is 1. The maximum Gasteiger partial charge on any atom is 0.119 e. The van der Waals surface area contributed by atoms with E-state index in [0.29, 0.717) is 5.02 Å². The minimum absolute atomic E-state index is 0.124. The van der Waals surface area contributed by atoms with Crippen molar-refractivity contribution >= 4 is 39.1 Å². The highest BCUT2D eigenvalue weighted by Crippen LogP contribution is 2.35. The minimum Gasteiger partial charge on any atom is -0.497 e. The van der Waals surface area contributed by atoms with Crippen LogP contribution in [0.3, 0.4) is 0 Å². The molecule has 1 N–H and O–H groups in total. The summed E-state index contributed by atoms with van der Waals surface area (Å²) in [5, 5.41) is 6.56. The van der Waals surface area contributed by atoms with Crippen molar-refractivity contribution in [1.29, 1.82) is 0 Å². The second-order valence-corrected chi connectivity index (χ2v) is 8.45. The Balaban J connectivity index is 2.03. The number of pyridine rings is 1. The van der Waals surface area contributed by atoms with Gasteiger partial charge in [-0.2, -0.15) is 0 Å². The van der Waals surface area contributed by atoms with Crippen LogP contribution in [0, 0.1) is 5.41 Å². The average Bonchev–Trinajstić information content (AvgIpc) is 2.68. The Bertz CT molecular complexity index is 967. The van der Waals surface area contributed by atoms with E-state index in [9.17, 15) is 0 Å². The first kappa shape index (κ1) is 20.7. The van der Waals surface area contributed by atoms with Crippen LogP contribution in [0.1, 0.15) is 27.7 Å². The van der Waals surface area contributed by atoms with Crippen LogP contribution in [0.2, 0.25) is 5.02 Å². The van der Waals surface area contributed by atoms with E-state index in [-0.39, 0.29) is 5.41 Å². The summed E-state index contributed by atoms with van der Waals surface area (Å²) in [5.41, 5.74) is 3.04. The maximum atomic E-state index is 6.22. The zero-order valence-electron chi connectivity index (χ0n) is 17.5. The summed E-state index contributed by atoms with van der Waals surface area (Å²) in [7, 11) is 1.69. The van der Waals surface area contributed by atoms with Crippen molar-refractivity contribution in [3.05, 3.63) is 41.4 Å². The number of nitrogens with zero attached hydrogens (tertiary/aromatic N) is 2. The van der Waals surface area contributed by atoms with Gasteiger partial charge in [0.25, 0.3) is 0 Å². The van der Waals surface area contributed by atoms with Gasteiger partial charge in [0, 0.05) is 28.9 Å². The van der Waals surface area contributed by atoms with Crippen LogP contribution in [0.25, 0.3) is 21.8 Å². The van der Waals surface area contributed by atoms with E-state index in [1.54, 1.807) is 7.11 Å². The second-order valence-electron chi connectivity index (χ2n) is 8.01. The fourth-order valence-electron chi connectivity index (χ4n) is 3.65. The zero-order chi connectivity index (χ0) is 20.3. The van der Waals surface area contributed by atoms with E-state index in [0.717, 1.165) is 59.4 Å². The molecule has 0 atom stereocenters. The lowest BCUT2D eigenvalue weighted by Gasteiger charge is -2.32. The molecule has 3 rings (SSSR count). The van der Waals surface area contributed by atoms with E-state index >= 15 is 0 Å². The topological polar surface area (TPSA) is 37.4 Å². The number of methoxy groups -OCH3 is 1. The Morgan fingerprint density at radius 1 is 1.04 bits per heavy atom. The number of halogens is 1. The standard InChI is InChI=1S/C23H30ClN3O/c1-6-27(7-2)15-23(3,4)14-25-22-18-10-8-16(24)12-21(18)26-20-11-9-17(28-5)13-19(20)22/h8-13H,6-7,14-15H2,1-5H3,(H,25,26). The number of fused-ring (bicyclic) bond motifs is 2. The lowest BCUT2D eigenvalue weighted by Crippen LogP contribution is -2.38. The van der Waals surface area contributed by atoms with Gasteiger partial charge in [0.15, 0.2) is 0 Å². The van der Waals surface area contributed by atoms with Gasteiger partial charge in [-0.05, 0) is 54.9 Å². The predicted molar refractivity (Wildman–Crippen MR) is 121 cm³/mol. The molecule has 0 radical (unpaired) electrons. The Labute approximate surface area is 172 Å². The molecule has 28 heavy (non-hydrogen) atoms. The molecule has 150 valence electrons. The quantitative estimate of drug-likeness (QED) is 0.483. The van der Waals surface area contributed by atoms with Crippen molar-refractivity contribution < 1.29 is 4.74 Å². The molecule has 3 aromatic rings. The third-order valence-electron chi connectivity index (χ3n) is 5.23. The molecule has 4 nitrogen and oxygen atoms in total. The van der Waals surface area contributed by atoms with E-state index in [1.807, 2.05) is 30.3 Å². The molecule has 5 heteroatoms. The Kier molecular flexibility index (Phi) is 6.31. The van der Waals surface area contributed by atoms with E-state index < -0.39 is 0 Å². The summed E-state index contributed by atoms with van der Waals surface area (Å²) < 4.78 is 5.45. The highest BCUT2D eigenvalue weighted by molar-refractivity contribution is 6.31. The third-order valence-corrected chi connectivity index (χ3v) is 5.47. The molecule has 0 saturated heterocycles. The van der Waals surface area contributed by atoms with Crippen molar-refractivity contribution in [3.63, 3.8) is 0 Å². The first-order chi connectivity index (χ1) is 13.4. The van der Waals surface area contributed by atoms with Crippen LogP contribution in [0.4, 0.5) is 5.69 Å². The maximum absolute atomic E-state index is 6.22. The lowest BCUT2D eigenvalue weighted by atomic mass is 9.92. The Morgan fingerprint density at radius 3 is 2.46 bits per heavy atom. The summed E-state index contributed by atoms with van der Waals surface area (Å²) in [6.07, 6.45) is 0. The Hall–Kier alpha value is -2.04. The van der Waals surface area contributed by atoms with Gasteiger partial charge in [-0.3, -0.25) is 0 Å². The molecule has 0 aliphatic carbocycles. The van der Waals surface area contributed by atoms with Crippen LogP contribution in [0.5, 0.6) is 5.75 Å². The van der Waals surface area contributed by atoms with Crippen LogP contribution in [-0.4, -0.2) is 43.2 Å². The summed E-state index contributed by atoms with van der Waals surface area (Å²) >= 11 is 6.22. The molecule has 0 fully saturated rings. The van der Waals surface area contributed by atoms with E-state index in [4.69, 9.17) is 21.3 Å². The first-order valence-electron chi connectivity index (χ1n) is 9.90. The average molecular weight is 400 g/mol. The van der Waals surface area contributed by atoms with Gasteiger partial charge >= 0.3 is 0 Å². The van der Waals surface area contributed by atoms with Gasteiger partial charge in [0.2, 0.25) is 0 Å². The van der Waals surface area contributed by atoms with E-state index in [2.05, 4.69) is 44.0 Å². The molecular formula is C23H30ClN3O. The minimum atomic E-state index is 0.124. The van der Waals surface area contributed by atoms with E-state index in [1.165, 1.54) is 0 Å². The second kappa shape index (κ2) is 8.54. The molecule has 0 unspecified atom stereocenters. The molecule has 0 spiro atoms. The van der Waals surface area contributed by atoms with Gasteiger partial charge in [0.05, 0.1) is 23.8 Å². The fraction of sp³-hybridized carbons (Fsp3) is 0.435. The van der Waals surface area contributed by atoms with Crippen LogP contribution >= 0.6 is 11.6 Å². The number of nitrogens with one attached hydrogen (secondary N) is 1. The summed E-state index contributed by atoms with van der Waals surface area (Å²) in [6, 6.07) is 11.9. The monoisotopic (exact) mass is 399 g/mol. The number of hydrogen-bond donors (Lipinski definition) is 1. The highest BCUT2D eigenvalue weighted by Gasteiger charge is 2.21. The summed E-state index contributed by atoms with van der Waals surface area (Å²) in [5.74, 6) is 0.827. The number of rotatable bonds is 8. The van der Waals surface area contributed by atoms with Gasteiger partial charge in [-0.15, -0.1) is 0 Å². The molecule has 1 heterocycles. The zero-order valence-corrected chi connectivity index (χ0v) is 18.2. The molecule has 2 aromatic carbocycles. The number of anilines is 1. The molecule has 0 amide bonds.